The Labute approximate surface area is 249 Å². The van der Waals surface area contributed by atoms with E-state index in [4.69, 9.17) is 18.0 Å². The van der Waals surface area contributed by atoms with Gasteiger partial charge in [0.15, 0.2) is 0 Å². The molecule has 1 aliphatic rings. The minimum atomic E-state index is -2.70. The van der Waals surface area contributed by atoms with Crippen LogP contribution in [0.15, 0.2) is 4.99 Å². The van der Waals surface area contributed by atoms with Gasteiger partial charge < -0.3 is 28.6 Å². The third-order valence-corrected chi connectivity index (χ3v) is 10.6. The molecule has 11 heteroatoms. The van der Waals surface area contributed by atoms with Crippen molar-refractivity contribution in [1.82, 2.24) is 10.6 Å². The highest BCUT2D eigenvalue weighted by Gasteiger charge is 2.42. The fourth-order valence-electron chi connectivity index (χ4n) is 6.16. The average molecular weight is 600 g/mol. The second-order valence-corrected chi connectivity index (χ2v) is 15.0. The summed E-state index contributed by atoms with van der Waals surface area (Å²) in [5.74, 6) is -0.0134. The van der Waals surface area contributed by atoms with Crippen LogP contribution in [0.5, 0.6) is 0 Å². The van der Waals surface area contributed by atoms with E-state index in [1.165, 1.54) is 0 Å². The SMILES string of the molecule is CCCCC(CCCC(=O)NCCC[Si](OCC)(OCC)OCC)OC(=O)NCC1(C)CC(N=C=O)CC(C)(C)C1. The third-order valence-electron chi connectivity index (χ3n) is 7.47. The number of nitrogens with one attached hydrogen (secondary N) is 2. The number of hydrogen-bond donors (Lipinski definition) is 2. The number of isocyanates is 1. The van der Waals surface area contributed by atoms with Crippen LogP contribution in [0.2, 0.25) is 6.04 Å². The zero-order valence-corrected chi connectivity index (χ0v) is 27.8. The molecule has 0 aliphatic heterocycles. The van der Waals surface area contributed by atoms with Gasteiger partial charge in [-0.25, -0.2) is 14.6 Å². The summed E-state index contributed by atoms with van der Waals surface area (Å²) in [7, 11) is -2.70. The van der Waals surface area contributed by atoms with Crippen LogP contribution in [-0.2, 0) is 27.6 Å². The summed E-state index contributed by atoms with van der Waals surface area (Å²) in [5.41, 5.74) is -0.159. The fourth-order valence-corrected chi connectivity index (χ4v) is 8.78. The highest BCUT2D eigenvalue weighted by molar-refractivity contribution is 6.60. The number of hydrogen-bond acceptors (Lipinski definition) is 8. The lowest BCUT2D eigenvalue weighted by Crippen LogP contribution is -2.46. The van der Waals surface area contributed by atoms with Crippen molar-refractivity contribution in [3.05, 3.63) is 0 Å². The van der Waals surface area contributed by atoms with Gasteiger partial charge in [0.2, 0.25) is 12.0 Å². The van der Waals surface area contributed by atoms with Gasteiger partial charge in [0, 0.05) is 45.4 Å². The number of aliphatic imine (C=N–C) groups is 1. The average Bonchev–Trinajstić information content (AvgIpc) is 2.88. The minimum Gasteiger partial charge on any atom is -0.446 e. The number of carbonyl (C=O) groups excluding carboxylic acids is 3. The molecule has 3 atom stereocenters. The molecule has 0 spiro atoms. The largest absolute Gasteiger partial charge is 0.500 e. The van der Waals surface area contributed by atoms with Gasteiger partial charge in [0.25, 0.3) is 0 Å². The lowest BCUT2D eigenvalue weighted by molar-refractivity contribution is -0.121. The summed E-state index contributed by atoms with van der Waals surface area (Å²) in [6, 6.07) is 0.581. The monoisotopic (exact) mass is 599 g/mol. The van der Waals surface area contributed by atoms with Gasteiger partial charge in [-0.2, -0.15) is 0 Å². The first kappa shape index (κ1) is 37.2. The molecule has 0 aromatic carbocycles. The van der Waals surface area contributed by atoms with E-state index in [-0.39, 0.29) is 28.9 Å². The number of unbranched alkanes of at least 4 members (excludes halogenated alkanes) is 1. The Hall–Kier alpha value is -1.78. The molecular weight excluding hydrogens is 542 g/mol. The van der Waals surface area contributed by atoms with E-state index in [0.717, 1.165) is 44.9 Å². The third kappa shape index (κ3) is 15.3. The molecule has 3 unspecified atom stereocenters. The van der Waals surface area contributed by atoms with Crippen LogP contribution in [0.25, 0.3) is 0 Å². The summed E-state index contributed by atoms with van der Waals surface area (Å²) in [6.45, 7) is 17.0. The van der Waals surface area contributed by atoms with Crippen molar-refractivity contribution in [3.8, 4) is 0 Å². The molecule has 0 aromatic heterocycles. The standard InChI is InChI=1S/C30H57N3O7Si/c1-8-12-15-26(40-28(36)32-23-30(7)21-25(33-24-34)20-29(5,6)22-30)16-13-17-27(35)31-18-14-19-41(37-9-2,38-10-3)39-11-4/h25-26H,8-23H2,1-7H3,(H,31,35)(H,32,36). The molecular formula is C30H57N3O7Si. The summed E-state index contributed by atoms with van der Waals surface area (Å²) in [6.07, 6.45) is 8.63. The van der Waals surface area contributed by atoms with Gasteiger partial charge >= 0.3 is 14.9 Å². The molecule has 1 fully saturated rings. The fraction of sp³-hybridized carbons (Fsp3) is 0.900. The first-order valence-corrected chi connectivity index (χ1v) is 17.6. The molecule has 1 aliphatic carbocycles. The van der Waals surface area contributed by atoms with Gasteiger partial charge in [-0.1, -0.05) is 40.5 Å². The van der Waals surface area contributed by atoms with E-state index in [1.807, 2.05) is 20.8 Å². The summed E-state index contributed by atoms with van der Waals surface area (Å²) < 4.78 is 23.4. The van der Waals surface area contributed by atoms with Crippen LogP contribution in [0, 0.1) is 10.8 Å². The Balaban J connectivity index is 2.49. The lowest BCUT2D eigenvalue weighted by atomic mass is 9.63. The number of carbonyl (C=O) groups is 2. The van der Waals surface area contributed by atoms with Crippen molar-refractivity contribution in [3.63, 3.8) is 0 Å². The Kier molecular flexibility index (Phi) is 17.6. The number of ether oxygens (including phenoxy) is 1. The van der Waals surface area contributed by atoms with Crippen LogP contribution < -0.4 is 10.6 Å². The number of nitrogens with zero attached hydrogens (tertiary/aromatic N) is 1. The van der Waals surface area contributed by atoms with Crippen LogP contribution in [0.1, 0.15) is 113 Å². The van der Waals surface area contributed by atoms with E-state index >= 15 is 0 Å². The van der Waals surface area contributed by atoms with E-state index in [2.05, 4.69) is 43.3 Å². The molecule has 2 N–H and O–H groups in total. The zero-order chi connectivity index (χ0) is 30.8. The highest BCUT2D eigenvalue weighted by atomic mass is 28.4. The van der Waals surface area contributed by atoms with Crippen molar-refractivity contribution < 1.29 is 32.4 Å². The van der Waals surface area contributed by atoms with Gasteiger partial charge in [0.1, 0.15) is 6.10 Å². The highest BCUT2D eigenvalue weighted by Crippen LogP contribution is 2.46. The number of rotatable bonds is 21. The van der Waals surface area contributed by atoms with Crippen molar-refractivity contribution in [2.24, 2.45) is 15.8 Å². The van der Waals surface area contributed by atoms with Gasteiger partial charge in [-0.05, 0) is 76.5 Å². The van der Waals surface area contributed by atoms with Crippen LogP contribution >= 0.6 is 0 Å². The van der Waals surface area contributed by atoms with Crippen molar-refractivity contribution in [2.75, 3.05) is 32.9 Å². The number of amides is 2. The quantitative estimate of drug-likeness (QED) is 0.0726. The second kappa shape index (κ2) is 19.4. The Morgan fingerprint density at radius 3 is 2.17 bits per heavy atom. The molecule has 1 rings (SSSR count). The zero-order valence-electron chi connectivity index (χ0n) is 26.8. The van der Waals surface area contributed by atoms with E-state index < -0.39 is 14.9 Å². The first-order valence-electron chi connectivity index (χ1n) is 15.7. The van der Waals surface area contributed by atoms with Crippen molar-refractivity contribution >= 4 is 26.9 Å². The first-order chi connectivity index (χ1) is 19.5. The summed E-state index contributed by atoms with van der Waals surface area (Å²) >= 11 is 0. The van der Waals surface area contributed by atoms with E-state index in [9.17, 15) is 14.4 Å². The molecule has 238 valence electrons. The topological polar surface area (TPSA) is 125 Å². The van der Waals surface area contributed by atoms with Gasteiger partial charge in [-0.15, -0.1) is 0 Å². The molecule has 0 saturated heterocycles. The summed E-state index contributed by atoms with van der Waals surface area (Å²) in [4.78, 5) is 40.0. The predicted molar refractivity (Wildman–Crippen MR) is 162 cm³/mol. The van der Waals surface area contributed by atoms with Gasteiger partial charge in [-0.3, -0.25) is 4.79 Å². The maximum absolute atomic E-state index is 12.7. The van der Waals surface area contributed by atoms with Crippen LogP contribution in [0.3, 0.4) is 0 Å². The smallest absolute Gasteiger partial charge is 0.446 e. The molecule has 0 aromatic rings. The lowest BCUT2D eigenvalue weighted by Gasteiger charge is -2.45. The molecule has 0 radical (unpaired) electrons. The van der Waals surface area contributed by atoms with E-state index in [0.29, 0.717) is 58.2 Å². The minimum absolute atomic E-state index is 0.0134. The Morgan fingerprint density at radius 1 is 0.951 bits per heavy atom. The Morgan fingerprint density at radius 2 is 1.59 bits per heavy atom. The van der Waals surface area contributed by atoms with Crippen LogP contribution in [0.4, 0.5) is 4.79 Å². The molecule has 1 saturated carbocycles. The normalized spacial score (nSPS) is 21.0. The molecule has 0 bridgehead atoms. The molecule has 2 amide bonds. The molecule has 0 heterocycles. The summed E-state index contributed by atoms with van der Waals surface area (Å²) in [5, 5.41) is 5.95. The van der Waals surface area contributed by atoms with Crippen molar-refractivity contribution in [1.29, 1.82) is 0 Å². The van der Waals surface area contributed by atoms with Crippen molar-refractivity contribution in [2.45, 2.75) is 131 Å². The van der Waals surface area contributed by atoms with Gasteiger partial charge in [0.05, 0.1) is 6.04 Å². The molecule has 10 nitrogen and oxygen atoms in total. The van der Waals surface area contributed by atoms with Crippen LogP contribution in [-0.4, -0.2) is 71.9 Å². The predicted octanol–water partition coefficient (Wildman–Crippen LogP) is 5.92. The Bertz CT molecular complexity index is 805. The van der Waals surface area contributed by atoms with E-state index in [1.54, 1.807) is 6.08 Å². The maximum Gasteiger partial charge on any atom is 0.500 e. The second-order valence-electron chi connectivity index (χ2n) is 12.3. The number of alkyl carbamates (subject to hydrolysis) is 1. The molecule has 41 heavy (non-hydrogen) atoms. The maximum atomic E-state index is 12.7.